The molecule has 6 heteroatoms. The zero-order chi connectivity index (χ0) is 11.6. The molecule has 0 aromatic heterocycles. The SMILES string of the molecule is CS(=O)(=O)ON1CC(Oc2ccccc2)C1. The van der Waals surface area contributed by atoms with E-state index in [1.807, 2.05) is 30.3 Å². The second-order valence-electron chi connectivity index (χ2n) is 3.68. The van der Waals surface area contributed by atoms with Gasteiger partial charge in [0, 0.05) is 0 Å². The molecule has 16 heavy (non-hydrogen) atoms. The summed E-state index contributed by atoms with van der Waals surface area (Å²) < 4.78 is 31.8. The molecule has 0 atom stereocenters. The second kappa shape index (κ2) is 4.40. The third kappa shape index (κ3) is 3.19. The van der Waals surface area contributed by atoms with Crippen molar-refractivity contribution in [2.45, 2.75) is 6.10 Å². The molecule has 1 aromatic carbocycles. The van der Waals surface area contributed by atoms with Crippen molar-refractivity contribution in [2.24, 2.45) is 0 Å². The van der Waals surface area contributed by atoms with Crippen LogP contribution in [-0.4, -0.2) is 38.9 Å². The Morgan fingerprint density at radius 3 is 2.44 bits per heavy atom. The maximum atomic E-state index is 10.8. The lowest BCUT2D eigenvalue weighted by Gasteiger charge is -2.36. The van der Waals surface area contributed by atoms with Gasteiger partial charge in [0.2, 0.25) is 0 Å². The molecular formula is C10H13NO4S. The zero-order valence-electron chi connectivity index (χ0n) is 8.87. The Hall–Kier alpha value is -1.11. The predicted octanol–water partition coefficient (Wildman–Crippen LogP) is 0.641. The van der Waals surface area contributed by atoms with E-state index in [0.29, 0.717) is 13.1 Å². The summed E-state index contributed by atoms with van der Waals surface area (Å²) >= 11 is 0. The van der Waals surface area contributed by atoms with E-state index in [2.05, 4.69) is 4.28 Å². The molecule has 1 heterocycles. The molecule has 0 unspecified atom stereocenters. The van der Waals surface area contributed by atoms with Crippen LogP contribution in [-0.2, 0) is 14.4 Å². The molecule has 1 aromatic rings. The molecule has 1 saturated heterocycles. The van der Waals surface area contributed by atoms with Crippen molar-refractivity contribution in [3.05, 3.63) is 30.3 Å². The Morgan fingerprint density at radius 2 is 1.88 bits per heavy atom. The minimum atomic E-state index is -3.41. The molecule has 1 fully saturated rings. The smallest absolute Gasteiger partial charge is 0.280 e. The van der Waals surface area contributed by atoms with Crippen LogP contribution >= 0.6 is 0 Å². The molecule has 1 aliphatic heterocycles. The number of benzene rings is 1. The highest BCUT2D eigenvalue weighted by molar-refractivity contribution is 7.85. The monoisotopic (exact) mass is 243 g/mol. The molecule has 0 N–H and O–H groups in total. The van der Waals surface area contributed by atoms with E-state index in [1.165, 1.54) is 5.06 Å². The third-order valence-corrected chi connectivity index (χ3v) is 2.58. The van der Waals surface area contributed by atoms with Crippen LogP contribution in [0.1, 0.15) is 0 Å². The van der Waals surface area contributed by atoms with Gasteiger partial charge in [0.1, 0.15) is 11.9 Å². The van der Waals surface area contributed by atoms with E-state index >= 15 is 0 Å². The van der Waals surface area contributed by atoms with Gasteiger partial charge < -0.3 is 4.74 Å². The van der Waals surface area contributed by atoms with E-state index < -0.39 is 10.1 Å². The molecule has 88 valence electrons. The van der Waals surface area contributed by atoms with Crippen molar-refractivity contribution in [3.63, 3.8) is 0 Å². The summed E-state index contributed by atoms with van der Waals surface area (Å²) in [4.78, 5) is 0. The Kier molecular flexibility index (Phi) is 3.13. The molecule has 0 aliphatic carbocycles. The van der Waals surface area contributed by atoms with Gasteiger partial charge >= 0.3 is 0 Å². The average molecular weight is 243 g/mol. The summed E-state index contributed by atoms with van der Waals surface area (Å²) in [7, 11) is -3.41. The number of nitrogens with zero attached hydrogens (tertiary/aromatic N) is 1. The molecule has 0 bridgehead atoms. The number of hydrogen-bond acceptors (Lipinski definition) is 5. The summed E-state index contributed by atoms with van der Waals surface area (Å²) in [5.74, 6) is 0.784. The van der Waals surface area contributed by atoms with Gasteiger partial charge in [0.15, 0.2) is 0 Å². The zero-order valence-corrected chi connectivity index (χ0v) is 9.68. The highest BCUT2D eigenvalue weighted by atomic mass is 32.2. The summed E-state index contributed by atoms with van der Waals surface area (Å²) in [5, 5.41) is 1.36. The number of ether oxygens (including phenoxy) is 1. The van der Waals surface area contributed by atoms with Gasteiger partial charge in [-0.3, -0.25) is 0 Å². The van der Waals surface area contributed by atoms with Crippen molar-refractivity contribution in [2.75, 3.05) is 19.3 Å². The summed E-state index contributed by atoms with van der Waals surface area (Å²) in [6.45, 7) is 0.921. The van der Waals surface area contributed by atoms with Crippen molar-refractivity contribution in [1.82, 2.24) is 5.06 Å². The van der Waals surface area contributed by atoms with Crippen LogP contribution in [0.4, 0.5) is 0 Å². The van der Waals surface area contributed by atoms with Crippen molar-refractivity contribution in [3.8, 4) is 5.75 Å². The highest BCUT2D eigenvalue weighted by Crippen LogP contribution is 2.18. The quantitative estimate of drug-likeness (QED) is 0.776. The summed E-state index contributed by atoms with van der Waals surface area (Å²) in [5.41, 5.74) is 0. The van der Waals surface area contributed by atoms with Crippen LogP contribution in [0.25, 0.3) is 0 Å². The van der Waals surface area contributed by atoms with E-state index in [0.717, 1.165) is 12.0 Å². The molecule has 5 nitrogen and oxygen atoms in total. The van der Waals surface area contributed by atoms with Gasteiger partial charge in [-0.15, -0.1) is 0 Å². The molecule has 1 aliphatic rings. The Bertz CT molecular complexity index is 439. The number of rotatable bonds is 4. The first-order valence-corrected chi connectivity index (χ1v) is 6.71. The lowest BCUT2D eigenvalue weighted by molar-refractivity contribution is -0.154. The molecule has 0 saturated carbocycles. The van der Waals surface area contributed by atoms with Crippen LogP contribution in [0.2, 0.25) is 0 Å². The highest BCUT2D eigenvalue weighted by Gasteiger charge is 2.31. The fourth-order valence-electron chi connectivity index (χ4n) is 1.42. The largest absolute Gasteiger partial charge is 0.488 e. The Morgan fingerprint density at radius 1 is 1.25 bits per heavy atom. The maximum Gasteiger partial charge on any atom is 0.280 e. The van der Waals surface area contributed by atoms with E-state index in [-0.39, 0.29) is 6.10 Å². The lowest BCUT2D eigenvalue weighted by Crippen LogP contribution is -2.53. The average Bonchev–Trinajstić information content (AvgIpc) is 2.14. The van der Waals surface area contributed by atoms with E-state index in [4.69, 9.17) is 4.74 Å². The first-order valence-electron chi connectivity index (χ1n) is 4.89. The van der Waals surface area contributed by atoms with Gasteiger partial charge in [-0.2, -0.15) is 17.8 Å². The molecule has 0 radical (unpaired) electrons. The minimum absolute atomic E-state index is 0.0100. The van der Waals surface area contributed by atoms with Crippen molar-refractivity contribution in [1.29, 1.82) is 0 Å². The minimum Gasteiger partial charge on any atom is -0.488 e. The van der Waals surface area contributed by atoms with Gasteiger partial charge in [0.05, 0.1) is 19.3 Å². The fraction of sp³-hybridized carbons (Fsp3) is 0.400. The first-order chi connectivity index (χ1) is 7.53. The first kappa shape index (κ1) is 11.4. The van der Waals surface area contributed by atoms with Crippen LogP contribution < -0.4 is 4.74 Å². The second-order valence-corrected chi connectivity index (χ2v) is 5.24. The summed E-state index contributed by atoms with van der Waals surface area (Å²) in [6.07, 6.45) is 1.02. The summed E-state index contributed by atoms with van der Waals surface area (Å²) in [6, 6.07) is 9.41. The van der Waals surface area contributed by atoms with Gasteiger partial charge in [-0.05, 0) is 12.1 Å². The molecule has 0 spiro atoms. The standard InChI is InChI=1S/C10H13NO4S/c1-16(12,13)15-11-7-10(8-11)14-9-5-3-2-4-6-9/h2-6,10H,7-8H2,1H3. The van der Waals surface area contributed by atoms with Gasteiger partial charge in [-0.1, -0.05) is 18.2 Å². The normalized spacial score (nSPS) is 18.1. The van der Waals surface area contributed by atoms with Crippen LogP contribution in [0.5, 0.6) is 5.75 Å². The molecule has 2 rings (SSSR count). The van der Waals surface area contributed by atoms with E-state index in [9.17, 15) is 8.42 Å². The van der Waals surface area contributed by atoms with Crippen molar-refractivity contribution >= 4 is 10.1 Å². The lowest BCUT2D eigenvalue weighted by atomic mass is 10.2. The van der Waals surface area contributed by atoms with Crippen LogP contribution in [0.15, 0.2) is 30.3 Å². The van der Waals surface area contributed by atoms with Crippen LogP contribution in [0, 0.1) is 0 Å². The number of hydroxylamine groups is 2. The van der Waals surface area contributed by atoms with Gasteiger partial charge in [-0.25, -0.2) is 0 Å². The van der Waals surface area contributed by atoms with Crippen LogP contribution in [0.3, 0.4) is 0 Å². The Balaban J connectivity index is 1.77. The van der Waals surface area contributed by atoms with Gasteiger partial charge in [0.25, 0.3) is 10.1 Å². The third-order valence-electron chi connectivity index (χ3n) is 2.10. The van der Waals surface area contributed by atoms with Crippen molar-refractivity contribution < 1.29 is 17.4 Å². The Labute approximate surface area is 94.7 Å². The van der Waals surface area contributed by atoms with E-state index in [1.54, 1.807) is 0 Å². The fourth-order valence-corrected chi connectivity index (χ4v) is 1.92. The molecule has 0 amide bonds. The maximum absolute atomic E-state index is 10.8. The number of para-hydroxylation sites is 1. The topological polar surface area (TPSA) is 55.8 Å². The number of hydrogen-bond donors (Lipinski definition) is 0. The predicted molar refractivity (Wildman–Crippen MR) is 58.4 cm³/mol. The molecular weight excluding hydrogens is 230 g/mol.